The topological polar surface area (TPSA) is 95.4 Å². The molecule has 4 N–H and O–H groups in total. The summed E-state index contributed by atoms with van der Waals surface area (Å²) >= 11 is 0. The van der Waals surface area contributed by atoms with E-state index in [2.05, 4.69) is 0 Å². The molecule has 2 aromatic carbocycles. The fourth-order valence-electron chi connectivity index (χ4n) is 1.75. The first-order valence-electron chi connectivity index (χ1n) is 6.44. The Morgan fingerprint density at radius 3 is 2.24 bits per heavy atom. The molecule has 2 aromatic rings. The second-order valence-electron chi connectivity index (χ2n) is 4.56. The molecule has 0 bridgehead atoms. The van der Waals surface area contributed by atoms with Gasteiger partial charge >= 0.3 is 5.97 Å². The van der Waals surface area contributed by atoms with Gasteiger partial charge in [0.05, 0.1) is 0 Å². The Bertz CT molecular complexity index is 624. The van der Waals surface area contributed by atoms with E-state index >= 15 is 0 Å². The highest BCUT2D eigenvalue weighted by Gasteiger charge is 2.24. The molecule has 0 amide bonds. The average molecular weight is 284 g/mol. The van der Waals surface area contributed by atoms with Gasteiger partial charge < -0.3 is 16.2 Å². The third-order valence-electron chi connectivity index (χ3n) is 2.96. The number of esters is 1. The van der Waals surface area contributed by atoms with Gasteiger partial charge in [-0.2, -0.15) is 0 Å². The van der Waals surface area contributed by atoms with Crippen LogP contribution in [0.15, 0.2) is 54.6 Å². The minimum Gasteiger partial charge on any atom is -0.459 e. The molecular weight excluding hydrogens is 268 g/mol. The lowest BCUT2D eigenvalue weighted by atomic mass is 10.0. The van der Waals surface area contributed by atoms with Crippen LogP contribution in [0.2, 0.25) is 0 Å². The number of ketones is 1. The van der Waals surface area contributed by atoms with Crippen LogP contribution in [0.1, 0.15) is 15.9 Å². The first kappa shape index (κ1) is 14.7. The van der Waals surface area contributed by atoms with Crippen molar-refractivity contribution in [2.24, 2.45) is 5.73 Å². The molecule has 0 spiro atoms. The summed E-state index contributed by atoms with van der Waals surface area (Å²) in [5, 5.41) is 0. The largest absolute Gasteiger partial charge is 0.459 e. The number of Topliss-reactive ketones (excluding diaryl/α,β-unsaturated/α-hetero) is 1. The number of anilines is 1. The lowest BCUT2D eigenvalue weighted by Gasteiger charge is -2.11. The van der Waals surface area contributed by atoms with Crippen molar-refractivity contribution in [3.8, 4) is 0 Å². The summed E-state index contributed by atoms with van der Waals surface area (Å²) in [6, 6.07) is 14.1. The van der Waals surface area contributed by atoms with Crippen LogP contribution in [0.5, 0.6) is 0 Å². The van der Waals surface area contributed by atoms with Gasteiger partial charge in [0, 0.05) is 11.3 Å². The van der Waals surface area contributed by atoms with Crippen molar-refractivity contribution < 1.29 is 14.3 Å². The summed E-state index contributed by atoms with van der Waals surface area (Å²) in [7, 11) is 0. The zero-order valence-corrected chi connectivity index (χ0v) is 11.4. The Morgan fingerprint density at radius 1 is 1.00 bits per heavy atom. The molecule has 0 aliphatic carbocycles. The minimum atomic E-state index is -1.34. The molecule has 0 saturated carbocycles. The quantitative estimate of drug-likeness (QED) is 0.375. The predicted octanol–water partition coefficient (Wildman–Crippen LogP) is 1.52. The number of carbonyl (C=O) groups is 2. The van der Waals surface area contributed by atoms with E-state index in [0.717, 1.165) is 5.56 Å². The zero-order valence-electron chi connectivity index (χ0n) is 11.4. The first-order chi connectivity index (χ1) is 10.1. The second kappa shape index (κ2) is 6.67. The Labute approximate surface area is 122 Å². The molecule has 5 nitrogen and oxygen atoms in total. The molecular formula is C16H16N2O3. The van der Waals surface area contributed by atoms with E-state index in [9.17, 15) is 9.59 Å². The Morgan fingerprint density at radius 2 is 1.62 bits per heavy atom. The average Bonchev–Trinajstić information content (AvgIpc) is 2.53. The first-order valence-corrected chi connectivity index (χ1v) is 6.44. The Kier molecular flexibility index (Phi) is 4.68. The fourth-order valence-corrected chi connectivity index (χ4v) is 1.75. The van der Waals surface area contributed by atoms with Gasteiger partial charge in [-0.05, 0) is 29.8 Å². The number of carbonyl (C=O) groups excluding carboxylic acids is 2. The number of nitrogens with two attached hydrogens (primary N) is 2. The number of rotatable bonds is 5. The molecule has 0 fully saturated rings. The van der Waals surface area contributed by atoms with Crippen LogP contribution in [-0.2, 0) is 16.1 Å². The highest BCUT2D eigenvalue weighted by molar-refractivity contribution is 6.11. The Balaban J connectivity index is 1.95. The maximum Gasteiger partial charge on any atom is 0.331 e. The standard InChI is InChI=1S/C16H16N2O3/c17-13-8-6-12(7-9-13)15(19)14(18)16(20)21-10-11-4-2-1-3-5-11/h1-9,14H,10,17-18H2. The summed E-state index contributed by atoms with van der Waals surface area (Å²) in [5.41, 5.74) is 12.9. The van der Waals surface area contributed by atoms with Crippen LogP contribution in [0.3, 0.4) is 0 Å². The van der Waals surface area contributed by atoms with E-state index in [1.165, 1.54) is 12.1 Å². The van der Waals surface area contributed by atoms with Crippen molar-refractivity contribution in [2.45, 2.75) is 12.6 Å². The molecule has 1 unspecified atom stereocenters. The van der Waals surface area contributed by atoms with Crippen LogP contribution in [0.25, 0.3) is 0 Å². The highest BCUT2D eigenvalue weighted by Crippen LogP contribution is 2.09. The predicted molar refractivity (Wildman–Crippen MR) is 79.4 cm³/mol. The van der Waals surface area contributed by atoms with Crippen LogP contribution >= 0.6 is 0 Å². The third-order valence-corrected chi connectivity index (χ3v) is 2.96. The summed E-state index contributed by atoms with van der Waals surface area (Å²) in [5.74, 6) is -1.24. The highest BCUT2D eigenvalue weighted by atomic mass is 16.5. The molecule has 0 heterocycles. The van der Waals surface area contributed by atoms with E-state index in [0.29, 0.717) is 11.3 Å². The summed E-state index contributed by atoms with van der Waals surface area (Å²) in [4.78, 5) is 23.8. The minimum absolute atomic E-state index is 0.0857. The molecule has 5 heteroatoms. The molecule has 1 atom stereocenters. The van der Waals surface area contributed by atoms with Crippen LogP contribution in [0, 0.1) is 0 Å². The number of nitrogen functional groups attached to an aromatic ring is 1. The molecule has 21 heavy (non-hydrogen) atoms. The SMILES string of the molecule is Nc1ccc(C(=O)C(N)C(=O)OCc2ccccc2)cc1. The van der Waals surface area contributed by atoms with Gasteiger partial charge in [-0.25, -0.2) is 4.79 Å². The van der Waals surface area contributed by atoms with E-state index < -0.39 is 17.8 Å². The van der Waals surface area contributed by atoms with Crippen LogP contribution in [0.4, 0.5) is 5.69 Å². The molecule has 0 aromatic heterocycles. The smallest absolute Gasteiger partial charge is 0.331 e. The molecule has 0 aliphatic heterocycles. The normalized spacial score (nSPS) is 11.7. The van der Waals surface area contributed by atoms with E-state index in [1.54, 1.807) is 12.1 Å². The lowest BCUT2D eigenvalue weighted by molar-refractivity contribution is -0.145. The summed E-state index contributed by atoms with van der Waals surface area (Å²) in [6.07, 6.45) is 0. The maximum atomic E-state index is 12.0. The molecule has 108 valence electrons. The molecule has 0 radical (unpaired) electrons. The van der Waals surface area contributed by atoms with E-state index in [1.807, 2.05) is 30.3 Å². The van der Waals surface area contributed by atoms with Crippen molar-refractivity contribution >= 4 is 17.4 Å². The summed E-state index contributed by atoms with van der Waals surface area (Å²) < 4.78 is 5.05. The van der Waals surface area contributed by atoms with Crippen molar-refractivity contribution in [3.63, 3.8) is 0 Å². The maximum absolute atomic E-state index is 12.0. The van der Waals surface area contributed by atoms with Crippen molar-refractivity contribution in [2.75, 3.05) is 5.73 Å². The van der Waals surface area contributed by atoms with E-state index in [4.69, 9.17) is 16.2 Å². The van der Waals surface area contributed by atoms with Gasteiger partial charge in [0.2, 0.25) is 0 Å². The van der Waals surface area contributed by atoms with E-state index in [-0.39, 0.29) is 6.61 Å². The fraction of sp³-hybridized carbons (Fsp3) is 0.125. The molecule has 0 aliphatic rings. The van der Waals surface area contributed by atoms with Gasteiger partial charge in [-0.3, -0.25) is 4.79 Å². The van der Waals surface area contributed by atoms with Crippen molar-refractivity contribution in [3.05, 3.63) is 65.7 Å². The number of hydrogen-bond donors (Lipinski definition) is 2. The van der Waals surface area contributed by atoms with Gasteiger partial charge in [-0.1, -0.05) is 30.3 Å². The summed E-state index contributed by atoms with van der Waals surface area (Å²) in [6.45, 7) is 0.0857. The van der Waals surface area contributed by atoms with Crippen LogP contribution < -0.4 is 11.5 Å². The van der Waals surface area contributed by atoms with Crippen molar-refractivity contribution in [1.29, 1.82) is 0 Å². The van der Waals surface area contributed by atoms with Gasteiger partial charge in [-0.15, -0.1) is 0 Å². The van der Waals surface area contributed by atoms with Gasteiger partial charge in [0.1, 0.15) is 6.61 Å². The monoisotopic (exact) mass is 284 g/mol. The lowest BCUT2D eigenvalue weighted by Crippen LogP contribution is -2.39. The molecule has 2 rings (SSSR count). The van der Waals surface area contributed by atoms with Gasteiger partial charge in [0.25, 0.3) is 0 Å². The molecule has 0 saturated heterocycles. The van der Waals surface area contributed by atoms with Crippen LogP contribution in [-0.4, -0.2) is 17.8 Å². The number of benzene rings is 2. The second-order valence-corrected chi connectivity index (χ2v) is 4.56. The number of ether oxygens (including phenoxy) is 1. The van der Waals surface area contributed by atoms with Gasteiger partial charge in [0.15, 0.2) is 11.8 Å². The Hall–Kier alpha value is -2.66. The third kappa shape index (κ3) is 3.90. The zero-order chi connectivity index (χ0) is 15.2. The number of hydrogen-bond acceptors (Lipinski definition) is 5. The van der Waals surface area contributed by atoms with Crippen molar-refractivity contribution in [1.82, 2.24) is 0 Å².